The third kappa shape index (κ3) is 4.79. The van der Waals surface area contributed by atoms with Crippen molar-refractivity contribution >= 4 is 11.9 Å². The fourth-order valence-corrected chi connectivity index (χ4v) is 3.21. The first kappa shape index (κ1) is 17.5. The van der Waals surface area contributed by atoms with Gasteiger partial charge in [0.1, 0.15) is 0 Å². The third-order valence-electron chi connectivity index (χ3n) is 4.56. The Balaban J connectivity index is 1.91. The number of carbonyl (C=O) groups excluding carboxylic acids is 1. The summed E-state index contributed by atoms with van der Waals surface area (Å²) in [6, 6.07) is 7.69. The van der Waals surface area contributed by atoms with E-state index in [4.69, 9.17) is 4.74 Å². The monoisotopic (exact) mass is 319 g/mol. The second-order valence-corrected chi connectivity index (χ2v) is 6.35. The minimum absolute atomic E-state index is 0.134. The summed E-state index contributed by atoms with van der Waals surface area (Å²) >= 11 is 0. The van der Waals surface area contributed by atoms with E-state index in [0.29, 0.717) is 19.4 Å². The molecule has 0 aliphatic heterocycles. The van der Waals surface area contributed by atoms with Crippen LogP contribution in [0.15, 0.2) is 24.3 Å². The number of hydrogen-bond donors (Lipinski definition) is 2. The molecule has 0 radical (unpaired) electrons. The topological polar surface area (TPSA) is 75.6 Å². The third-order valence-corrected chi connectivity index (χ3v) is 4.56. The standard InChI is InChI=1S/C18H25NO4/c1-23-12-15-7-5-6-14(10-15)11-16(20)19-13-18(17(21)22)8-3-2-4-9-18/h5-7,10H,2-4,8-9,11-13H2,1H3,(H,19,20)(H,21,22). The Morgan fingerprint density at radius 2 is 1.91 bits per heavy atom. The molecular formula is C18H25NO4. The lowest BCUT2D eigenvalue weighted by Crippen LogP contribution is -2.44. The van der Waals surface area contributed by atoms with Crippen LogP contribution < -0.4 is 5.32 Å². The van der Waals surface area contributed by atoms with Gasteiger partial charge in [0.05, 0.1) is 18.4 Å². The van der Waals surface area contributed by atoms with Crippen LogP contribution in [-0.2, 0) is 27.4 Å². The van der Waals surface area contributed by atoms with E-state index in [1.54, 1.807) is 7.11 Å². The van der Waals surface area contributed by atoms with Gasteiger partial charge in [0.25, 0.3) is 0 Å². The van der Waals surface area contributed by atoms with Crippen molar-refractivity contribution in [2.24, 2.45) is 5.41 Å². The first-order valence-electron chi connectivity index (χ1n) is 8.13. The molecule has 5 heteroatoms. The summed E-state index contributed by atoms with van der Waals surface area (Å²) in [6.07, 6.45) is 4.46. The number of aliphatic carboxylic acids is 1. The molecule has 1 aromatic carbocycles. The summed E-state index contributed by atoms with van der Waals surface area (Å²) in [5, 5.41) is 12.3. The smallest absolute Gasteiger partial charge is 0.311 e. The molecule has 0 unspecified atom stereocenters. The van der Waals surface area contributed by atoms with Crippen molar-refractivity contribution in [2.75, 3.05) is 13.7 Å². The van der Waals surface area contributed by atoms with Gasteiger partial charge >= 0.3 is 5.97 Å². The van der Waals surface area contributed by atoms with Crippen LogP contribution in [0.2, 0.25) is 0 Å². The molecule has 1 aliphatic rings. The molecule has 126 valence electrons. The summed E-state index contributed by atoms with van der Waals surface area (Å²) in [7, 11) is 1.63. The SMILES string of the molecule is COCc1cccc(CC(=O)NCC2(C(=O)O)CCCCC2)c1. The van der Waals surface area contributed by atoms with Gasteiger partial charge in [-0.05, 0) is 24.0 Å². The van der Waals surface area contributed by atoms with E-state index in [0.717, 1.165) is 30.4 Å². The molecule has 0 atom stereocenters. The van der Waals surface area contributed by atoms with Gasteiger partial charge in [-0.2, -0.15) is 0 Å². The molecule has 0 saturated heterocycles. The zero-order valence-electron chi connectivity index (χ0n) is 13.6. The summed E-state index contributed by atoms with van der Waals surface area (Å²) in [4.78, 5) is 23.8. The Bertz CT molecular complexity index is 550. The average molecular weight is 319 g/mol. The van der Waals surface area contributed by atoms with Crippen LogP contribution in [0.3, 0.4) is 0 Å². The number of carbonyl (C=O) groups is 2. The van der Waals surface area contributed by atoms with Gasteiger partial charge in [-0.15, -0.1) is 0 Å². The molecule has 1 amide bonds. The van der Waals surface area contributed by atoms with Crippen LogP contribution >= 0.6 is 0 Å². The largest absolute Gasteiger partial charge is 0.481 e. The number of ether oxygens (including phenoxy) is 1. The van der Waals surface area contributed by atoms with Gasteiger partial charge in [-0.3, -0.25) is 9.59 Å². The van der Waals surface area contributed by atoms with E-state index in [1.165, 1.54) is 0 Å². The highest BCUT2D eigenvalue weighted by molar-refractivity contribution is 5.80. The predicted molar refractivity (Wildman–Crippen MR) is 87.0 cm³/mol. The van der Waals surface area contributed by atoms with Crippen molar-refractivity contribution in [2.45, 2.75) is 45.1 Å². The molecule has 2 rings (SSSR count). The van der Waals surface area contributed by atoms with E-state index >= 15 is 0 Å². The molecule has 1 aromatic rings. The number of benzene rings is 1. The molecule has 0 spiro atoms. The molecule has 5 nitrogen and oxygen atoms in total. The fourth-order valence-electron chi connectivity index (χ4n) is 3.21. The molecular weight excluding hydrogens is 294 g/mol. The van der Waals surface area contributed by atoms with E-state index in [2.05, 4.69) is 5.32 Å². The Morgan fingerprint density at radius 1 is 1.22 bits per heavy atom. The van der Waals surface area contributed by atoms with E-state index in [9.17, 15) is 14.7 Å². The zero-order valence-corrected chi connectivity index (χ0v) is 13.6. The highest BCUT2D eigenvalue weighted by Gasteiger charge is 2.39. The first-order valence-corrected chi connectivity index (χ1v) is 8.13. The van der Waals surface area contributed by atoms with E-state index < -0.39 is 11.4 Å². The van der Waals surface area contributed by atoms with Crippen molar-refractivity contribution in [1.29, 1.82) is 0 Å². The number of nitrogens with one attached hydrogen (secondary N) is 1. The first-order chi connectivity index (χ1) is 11.1. The van der Waals surface area contributed by atoms with Gasteiger partial charge < -0.3 is 15.2 Å². The Hall–Kier alpha value is -1.88. The van der Waals surface area contributed by atoms with Crippen LogP contribution in [0.4, 0.5) is 0 Å². The number of carboxylic acid groups (broad SMARTS) is 1. The fraction of sp³-hybridized carbons (Fsp3) is 0.556. The highest BCUT2D eigenvalue weighted by Crippen LogP contribution is 2.36. The predicted octanol–water partition coefficient (Wildman–Crippen LogP) is 2.53. The van der Waals surface area contributed by atoms with Gasteiger partial charge in [0.2, 0.25) is 5.91 Å². The number of carboxylic acids is 1. The molecule has 23 heavy (non-hydrogen) atoms. The molecule has 1 saturated carbocycles. The van der Waals surface area contributed by atoms with Crippen molar-refractivity contribution < 1.29 is 19.4 Å². The minimum Gasteiger partial charge on any atom is -0.481 e. The molecule has 0 bridgehead atoms. The van der Waals surface area contributed by atoms with Gasteiger partial charge in [-0.25, -0.2) is 0 Å². The normalized spacial score (nSPS) is 16.7. The lowest BCUT2D eigenvalue weighted by Gasteiger charge is -2.33. The molecule has 0 heterocycles. The number of methoxy groups -OCH3 is 1. The highest BCUT2D eigenvalue weighted by atomic mass is 16.5. The van der Waals surface area contributed by atoms with Crippen molar-refractivity contribution in [3.05, 3.63) is 35.4 Å². The Labute approximate surface area is 137 Å². The van der Waals surface area contributed by atoms with Crippen LogP contribution in [0, 0.1) is 5.41 Å². The van der Waals surface area contributed by atoms with Gasteiger partial charge in [0, 0.05) is 13.7 Å². The maximum absolute atomic E-state index is 12.2. The van der Waals surface area contributed by atoms with Gasteiger partial charge in [0.15, 0.2) is 0 Å². The van der Waals surface area contributed by atoms with Crippen LogP contribution in [-0.4, -0.2) is 30.6 Å². The summed E-state index contributed by atoms with van der Waals surface area (Å²) in [5.41, 5.74) is 1.14. The summed E-state index contributed by atoms with van der Waals surface area (Å²) < 4.78 is 5.09. The van der Waals surface area contributed by atoms with E-state index in [-0.39, 0.29) is 18.9 Å². The number of hydrogen-bond acceptors (Lipinski definition) is 3. The van der Waals surface area contributed by atoms with Crippen LogP contribution in [0.25, 0.3) is 0 Å². The average Bonchev–Trinajstić information content (AvgIpc) is 2.54. The molecule has 1 aliphatic carbocycles. The van der Waals surface area contributed by atoms with Crippen molar-refractivity contribution in [1.82, 2.24) is 5.32 Å². The van der Waals surface area contributed by atoms with Gasteiger partial charge in [-0.1, -0.05) is 43.5 Å². The maximum Gasteiger partial charge on any atom is 0.311 e. The lowest BCUT2D eigenvalue weighted by molar-refractivity contribution is -0.151. The lowest BCUT2D eigenvalue weighted by atomic mass is 9.74. The quantitative estimate of drug-likeness (QED) is 0.810. The Kier molecular flexibility index (Phi) is 6.16. The minimum atomic E-state index is -0.792. The van der Waals surface area contributed by atoms with Crippen LogP contribution in [0.1, 0.15) is 43.2 Å². The zero-order chi connectivity index (χ0) is 16.7. The summed E-state index contributed by atoms with van der Waals surface area (Å²) in [6.45, 7) is 0.733. The maximum atomic E-state index is 12.2. The number of rotatable bonds is 7. The van der Waals surface area contributed by atoms with Crippen molar-refractivity contribution in [3.8, 4) is 0 Å². The molecule has 1 fully saturated rings. The second kappa shape index (κ2) is 8.11. The molecule has 2 N–H and O–H groups in total. The second-order valence-electron chi connectivity index (χ2n) is 6.35. The van der Waals surface area contributed by atoms with Crippen LogP contribution in [0.5, 0.6) is 0 Å². The van der Waals surface area contributed by atoms with Crippen molar-refractivity contribution in [3.63, 3.8) is 0 Å². The molecule has 0 aromatic heterocycles. The Morgan fingerprint density at radius 3 is 2.57 bits per heavy atom. The number of amides is 1. The van der Waals surface area contributed by atoms with E-state index in [1.807, 2.05) is 24.3 Å². The summed E-state index contributed by atoms with van der Waals surface area (Å²) in [5.74, 6) is -0.926.